The summed E-state index contributed by atoms with van der Waals surface area (Å²) < 4.78 is 11.5. The molecule has 3 rings (SSSR count). The number of fused-ring (bicyclic) bond motifs is 3. The summed E-state index contributed by atoms with van der Waals surface area (Å²) >= 11 is 0. The molecular formula is C25H33NO5Si. The Morgan fingerprint density at radius 1 is 1.03 bits per heavy atom. The molecule has 0 aromatic heterocycles. The summed E-state index contributed by atoms with van der Waals surface area (Å²) in [6.07, 6.45) is -0.543. The average molecular weight is 456 g/mol. The van der Waals surface area contributed by atoms with Crippen LogP contribution in [0.2, 0.25) is 18.1 Å². The van der Waals surface area contributed by atoms with Gasteiger partial charge >= 0.3 is 12.1 Å². The zero-order valence-electron chi connectivity index (χ0n) is 19.5. The normalized spacial score (nSPS) is 14.4. The predicted octanol–water partition coefficient (Wildman–Crippen LogP) is 5.39. The first-order chi connectivity index (χ1) is 15.0. The molecule has 1 aliphatic rings. The highest BCUT2D eigenvalue weighted by Crippen LogP contribution is 2.44. The van der Waals surface area contributed by atoms with E-state index in [1.165, 1.54) is 0 Å². The SMILES string of the molecule is CC(C)(C)[Si](C)(C)OCC[C@@H](NC(=O)OCC1c2ccccc2-c2ccccc21)C(=O)O. The lowest BCUT2D eigenvalue weighted by atomic mass is 9.98. The van der Waals surface area contributed by atoms with Crippen LogP contribution in [0, 0.1) is 0 Å². The zero-order valence-corrected chi connectivity index (χ0v) is 20.5. The maximum atomic E-state index is 12.4. The minimum atomic E-state index is -1.98. The average Bonchev–Trinajstić information content (AvgIpc) is 3.04. The van der Waals surface area contributed by atoms with Gasteiger partial charge in [0.2, 0.25) is 0 Å². The number of carboxylic acids is 1. The van der Waals surface area contributed by atoms with Crippen molar-refractivity contribution in [3.05, 3.63) is 59.7 Å². The Kier molecular flexibility index (Phi) is 7.10. The topological polar surface area (TPSA) is 84.9 Å². The Balaban J connectivity index is 1.58. The van der Waals surface area contributed by atoms with Crippen molar-refractivity contribution < 1.29 is 23.9 Å². The van der Waals surface area contributed by atoms with Crippen LogP contribution in [0.5, 0.6) is 0 Å². The molecule has 0 spiro atoms. The van der Waals surface area contributed by atoms with Crippen LogP contribution in [0.15, 0.2) is 48.5 Å². The summed E-state index contributed by atoms with van der Waals surface area (Å²) in [5, 5.41) is 12.1. The van der Waals surface area contributed by atoms with Crippen LogP contribution in [0.3, 0.4) is 0 Å². The molecule has 0 aliphatic heterocycles. The molecule has 0 saturated heterocycles. The maximum absolute atomic E-state index is 12.4. The predicted molar refractivity (Wildman–Crippen MR) is 127 cm³/mol. The highest BCUT2D eigenvalue weighted by Gasteiger charge is 2.37. The molecule has 7 heteroatoms. The van der Waals surface area contributed by atoms with Gasteiger partial charge in [-0.2, -0.15) is 0 Å². The van der Waals surface area contributed by atoms with Gasteiger partial charge in [0.25, 0.3) is 0 Å². The molecule has 32 heavy (non-hydrogen) atoms. The largest absolute Gasteiger partial charge is 0.480 e. The van der Waals surface area contributed by atoms with Crippen molar-refractivity contribution in [2.75, 3.05) is 13.2 Å². The fourth-order valence-corrected chi connectivity index (χ4v) is 4.75. The molecule has 0 saturated carbocycles. The summed E-state index contributed by atoms with van der Waals surface area (Å²) in [6.45, 7) is 11.0. The van der Waals surface area contributed by atoms with E-state index >= 15 is 0 Å². The number of rotatable bonds is 8. The van der Waals surface area contributed by atoms with Crippen LogP contribution in [0.4, 0.5) is 4.79 Å². The van der Waals surface area contributed by atoms with E-state index in [2.05, 4.69) is 51.3 Å². The molecule has 0 bridgehead atoms. The summed E-state index contributed by atoms with van der Waals surface area (Å²) in [6, 6.07) is 15.1. The molecule has 0 heterocycles. The van der Waals surface area contributed by atoms with E-state index in [0.29, 0.717) is 0 Å². The Morgan fingerprint density at radius 2 is 1.56 bits per heavy atom. The molecule has 0 radical (unpaired) electrons. The van der Waals surface area contributed by atoms with Gasteiger partial charge in [0.05, 0.1) is 0 Å². The number of alkyl carbamates (subject to hydrolysis) is 1. The Bertz CT molecular complexity index is 937. The number of carboxylic acid groups (broad SMARTS) is 1. The van der Waals surface area contributed by atoms with Gasteiger partial charge in [0, 0.05) is 18.9 Å². The van der Waals surface area contributed by atoms with Crippen LogP contribution in [-0.2, 0) is 14.0 Å². The maximum Gasteiger partial charge on any atom is 0.407 e. The molecule has 6 nitrogen and oxygen atoms in total. The number of benzene rings is 2. The Labute approximate surface area is 191 Å². The third-order valence-electron chi connectivity index (χ3n) is 6.61. The van der Waals surface area contributed by atoms with Crippen LogP contribution in [0.1, 0.15) is 44.2 Å². The number of aliphatic carboxylic acids is 1. The minimum Gasteiger partial charge on any atom is -0.480 e. The zero-order chi connectivity index (χ0) is 23.5. The van der Waals surface area contributed by atoms with Gasteiger partial charge < -0.3 is 19.6 Å². The van der Waals surface area contributed by atoms with Crippen molar-refractivity contribution in [3.63, 3.8) is 0 Å². The van der Waals surface area contributed by atoms with E-state index in [4.69, 9.17) is 9.16 Å². The van der Waals surface area contributed by atoms with Gasteiger partial charge in [0.15, 0.2) is 8.32 Å². The number of ether oxygens (including phenoxy) is 1. The fourth-order valence-electron chi connectivity index (χ4n) is 3.69. The summed E-state index contributed by atoms with van der Waals surface area (Å²) in [7, 11) is -1.98. The second kappa shape index (κ2) is 9.46. The lowest BCUT2D eigenvalue weighted by molar-refractivity contribution is -0.139. The van der Waals surface area contributed by atoms with Gasteiger partial charge in [-0.1, -0.05) is 69.3 Å². The number of hydrogen-bond acceptors (Lipinski definition) is 4. The van der Waals surface area contributed by atoms with Crippen LogP contribution < -0.4 is 5.32 Å². The van der Waals surface area contributed by atoms with Crippen LogP contribution >= 0.6 is 0 Å². The van der Waals surface area contributed by atoms with Crippen molar-refractivity contribution in [1.82, 2.24) is 5.32 Å². The number of amides is 1. The van der Waals surface area contributed by atoms with E-state index < -0.39 is 26.4 Å². The van der Waals surface area contributed by atoms with Gasteiger partial charge in [-0.25, -0.2) is 9.59 Å². The highest BCUT2D eigenvalue weighted by atomic mass is 28.4. The lowest BCUT2D eigenvalue weighted by Gasteiger charge is -2.36. The van der Waals surface area contributed by atoms with Crippen molar-refractivity contribution in [1.29, 1.82) is 0 Å². The van der Waals surface area contributed by atoms with E-state index in [0.717, 1.165) is 22.3 Å². The first-order valence-electron chi connectivity index (χ1n) is 11.0. The first kappa shape index (κ1) is 24.0. The van der Waals surface area contributed by atoms with Crippen LogP contribution in [-0.4, -0.2) is 44.7 Å². The molecule has 1 atom stereocenters. The standard InChI is InChI=1S/C25H33NO5Si/c1-25(2,3)32(4,5)31-15-14-22(23(27)28)26-24(29)30-16-21-19-12-8-6-10-17(19)18-11-7-9-13-20(18)21/h6-13,21-22H,14-16H2,1-5H3,(H,26,29)(H,27,28)/t22-/m1/s1. The second-order valence-electron chi connectivity index (χ2n) is 9.76. The van der Waals surface area contributed by atoms with E-state index in [1.54, 1.807) is 0 Å². The number of carbonyl (C=O) groups excluding carboxylic acids is 1. The number of hydrogen-bond donors (Lipinski definition) is 2. The number of nitrogens with one attached hydrogen (secondary N) is 1. The Morgan fingerprint density at radius 3 is 2.06 bits per heavy atom. The molecule has 2 aromatic carbocycles. The van der Waals surface area contributed by atoms with E-state index in [-0.39, 0.29) is 30.6 Å². The molecule has 0 fully saturated rings. The monoisotopic (exact) mass is 455 g/mol. The van der Waals surface area contributed by atoms with Gasteiger partial charge in [-0.05, 0) is 40.4 Å². The minimum absolute atomic E-state index is 0.0337. The second-order valence-corrected chi connectivity index (χ2v) is 14.6. The lowest BCUT2D eigenvalue weighted by Crippen LogP contribution is -2.45. The molecule has 1 aliphatic carbocycles. The van der Waals surface area contributed by atoms with Crippen molar-refractivity contribution in [2.24, 2.45) is 0 Å². The molecule has 172 valence electrons. The van der Waals surface area contributed by atoms with Gasteiger partial charge in [0.1, 0.15) is 12.6 Å². The van der Waals surface area contributed by atoms with E-state index in [9.17, 15) is 14.7 Å². The fraction of sp³-hybridized carbons (Fsp3) is 0.440. The quantitative estimate of drug-likeness (QED) is 0.521. The summed E-state index contributed by atoms with van der Waals surface area (Å²) in [5.41, 5.74) is 4.50. The van der Waals surface area contributed by atoms with Crippen molar-refractivity contribution in [3.8, 4) is 11.1 Å². The smallest absolute Gasteiger partial charge is 0.407 e. The van der Waals surface area contributed by atoms with Crippen LogP contribution in [0.25, 0.3) is 11.1 Å². The van der Waals surface area contributed by atoms with Gasteiger partial charge in [-0.3, -0.25) is 0 Å². The molecular weight excluding hydrogens is 422 g/mol. The third-order valence-corrected chi connectivity index (χ3v) is 11.1. The highest BCUT2D eigenvalue weighted by molar-refractivity contribution is 6.74. The number of carbonyl (C=O) groups is 2. The Hall–Kier alpha value is -2.64. The molecule has 1 amide bonds. The molecule has 0 unspecified atom stereocenters. The van der Waals surface area contributed by atoms with Gasteiger partial charge in [-0.15, -0.1) is 0 Å². The summed E-state index contributed by atoms with van der Waals surface area (Å²) in [4.78, 5) is 24.1. The van der Waals surface area contributed by atoms with Crippen molar-refractivity contribution in [2.45, 2.75) is 57.3 Å². The first-order valence-corrected chi connectivity index (χ1v) is 13.9. The third kappa shape index (κ3) is 5.22. The molecule has 2 N–H and O–H groups in total. The molecule has 2 aromatic rings. The van der Waals surface area contributed by atoms with E-state index in [1.807, 2.05) is 36.4 Å². The van der Waals surface area contributed by atoms with Crippen molar-refractivity contribution >= 4 is 20.4 Å². The summed E-state index contributed by atoms with van der Waals surface area (Å²) in [5.74, 6) is -1.17.